The molecular formula is C17H30ClN3O2. The molecule has 1 N–H and O–H groups in total. The molecule has 3 saturated heterocycles. The predicted octanol–water partition coefficient (Wildman–Crippen LogP) is 1.80. The van der Waals surface area contributed by atoms with Gasteiger partial charge in [0.2, 0.25) is 11.8 Å². The van der Waals surface area contributed by atoms with E-state index in [4.69, 9.17) is 0 Å². The summed E-state index contributed by atoms with van der Waals surface area (Å²) in [6.07, 6.45) is 8.29. The molecule has 0 radical (unpaired) electrons. The van der Waals surface area contributed by atoms with Gasteiger partial charge < -0.3 is 15.1 Å². The lowest BCUT2D eigenvalue weighted by Crippen LogP contribution is -2.50. The number of likely N-dealkylation sites (tertiary alicyclic amines) is 2. The Morgan fingerprint density at radius 3 is 2.17 bits per heavy atom. The Bertz CT molecular complexity index is 399. The summed E-state index contributed by atoms with van der Waals surface area (Å²) in [5, 5.41) is 3.34. The minimum Gasteiger partial charge on any atom is -0.343 e. The standard InChI is InChI=1S/C17H29N3O2.ClH/c21-16(19-9-3-4-10-19)13-14-6-11-20(12-7-14)17(22)15-5-1-2-8-18-15;/h14-15,18H,1-13H2;1H. The number of piperidine rings is 2. The summed E-state index contributed by atoms with van der Waals surface area (Å²) in [6, 6.07) is 0.0385. The lowest BCUT2D eigenvalue weighted by Gasteiger charge is -2.35. The maximum absolute atomic E-state index is 12.5. The van der Waals surface area contributed by atoms with Gasteiger partial charge in [-0.1, -0.05) is 6.42 Å². The first-order valence-electron chi connectivity index (χ1n) is 9.04. The minimum atomic E-state index is 0. The van der Waals surface area contributed by atoms with Crippen molar-refractivity contribution < 1.29 is 9.59 Å². The van der Waals surface area contributed by atoms with E-state index >= 15 is 0 Å². The quantitative estimate of drug-likeness (QED) is 0.850. The highest BCUT2D eigenvalue weighted by Crippen LogP contribution is 2.23. The molecule has 0 bridgehead atoms. The summed E-state index contributed by atoms with van der Waals surface area (Å²) in [4.78, 5) is 28.7. The number of nitrogens with one attached hydrogen (secondary N) is 1. The van der Waals surface area contributed by atoms with Crippen molar-refractivity contribution in [2.75, 3.05) is 32.7 Å². The summed E-state index contributed by atoms with van der Waals surface area (Å²) in [6.45, 7) is 4.52. The molecule has 0 aromatic rings. The summed E-state index contributed by atoms with van der Waals surface area (Å²) >= 11 is 0. The monoisotopic (exact) mass is 343 g/mol. The van der Waals surface area contributed by atoms with Gasteiger partial charge in [0.1, 0.15) is 0 Å². The third kappa shape index (κ3) is 4.83. The Morgan fingerprint density at radius 1 is 0.870 bits per heavy atom. The molecule has 0 aromatic heterocycles. The second-order valence-corrected chi connectivity index (χ2v) is 7.06. The van der Waals surface area contributed by atoms with Crippen molar-refractivity contribution in [3.63, 3.8) is 0 Å². The molecule has 3 rings (SSSR count). The lowest BCUT2D eigenvalue weighted by molar-refractivity contribution is -0.136. The molecule has 3 heterocycles. The van der Waals surface area contributed by atoms with Gasteiger partial charge in [0.25, 0.3) is 0 Å². The third-order valence-corrected chi connectivity index (χ3v) is 5.46. The Labute approximate surface area is 145 Å². The predicted molar refractivity (Wildman–Crippen MR) is 92.6 cm³/mol. The van der Waals surface area contributed by atoms with Gasteiger partial charge in [0.15, 0.2) is 0 Å². The van der Waals surface area contributed by atoms with Gasteiger partial charge in [0, 0.05) is 32.6 Å². The Balaban J connectivity index is 0.00000192. The van der Waals surface area contributed by atoms with E-state index in [0.717, 1.165) is 71.2 Å². The zero-order chi connectivity index (χ0) is 15.4. The number of hydrogen-bond acceptors (Lipinski definition) is 3. The van der Waals surface area contributed by atoms with Gasteiger partial charge >= 0.3 is 0 Å². The van der Waals surface area contributed by atoms with E-state index in [9.17, 15) is 9.59 Å². The van der Waals surface area contributed by atoms with Crippen LogP contribution in [0.25, 0.3) is 0 Å². The third-order valence-electron chi connectivity index (χ3n) is 5.46. The second kappa shape index (κ2) is 8.88. The van der Waals surface area contributed by atoms with Crippen LogP contribution in [0.2, 0.25) is 0 Å². The molecular weight excluding hydrogens is 314 g/mol. The average Bonchev–Trinajstić information content (AvgIpc) is 3.10. The molecule has 1 atom stereocenters. The Hall–Kier alpha value is -0.810. The maximum atomic E-state index is 12.5. The molecule has 3 fully saturated rings. The van der Waals surface area contributed by atoms with Gasteiger partial charge in [-0.15, -0.1) is 12.4 Å². The van der Waals surface area contributed by atoms with Crippen molar-refractivity contribution in [1.82, 2.24) is 15.1 Å². The molecule has 1 unspecified atom stereocenters. The summed E-state index contributed by atoms with van der Waals surface area (Å²) in [5.74, 6) is 1.08. The topological polar surface area (TPSA) is 52.7 Å². The van der Waals surface area contributed by atoms with E-state index in [1.165, 1.54) is 6.42 Å². The van der Waals surface area contributed by atoms with Crippen molar-refractivity contribution in [2.24, 2.45) is 5.92 Å². The van der Waals surface area contributed by atoms with Crippen LogP contribution in [0, 0.1) is 5.92 Å². The molecule has 0 aromatic carbocycles. The number of carbonyl (C=O) groups excluding carboxylic acids is 2. The number of halogens is 1. The van der Waals surface area contributed by atoms with Crippen molar-refractivity contribution in [3.05, 3.63) is 0 Å². The van der Waals surface area contributed by atoms with Crippen molar-refractivity contribution in [1.29, 1.82) is 0 Å². The van der Waals surface area contributed by atoms with Gasteiger partial charge in [-0.25, -0.2) is 0 Å². The summed E-state index contributed by atoms with van der Waals surface area (Å²) in [5.41, 5.74) is 0. The highest BCUT2D eigenvalue weighted by molar-refractivity contribution is 5.85. The second-order valence-electron chi connectivity index (χ2n) is 7.06. The van der Waals surface area contributed by atoms with Crippen LogP contribution < -0.4 is 5.32 Å². The molecule has 5 nitrogen and oxygen atoms in total. The fourth-order valence-corrected chi connectivity index (χ4v) is 3.98. The first kappa shape index (κ1) is 18.5. The van der Waals surface area contributed by atoms with Gasteiger partial charge in [0.05, 0.1) is 6.04 Å². The van der Waals surface area contributed by atoms with Crippen LogP contribution in [0.15, 0.2) is 0 Å². The largest absolute Gasteiger partial charge is 0.343 e. The fraction of sp³-hybridized carbons (Fsp3) is 0.882. The molecule has 132 valence electrons. The smallest absolute Gasteiger partial charge is 0.239 e. The number of rotatable bonds is 3. The van der Waals surface area contributed by atoms with Crippen molar-refractivity contribution in [2.45, 2.75) is 57.4 Å². The molecule has 3 aliphatic heterocycles. The van der Waals surface area contributed by atoms with Crippen LogP contribution in [0.3, 0.4) is 0 Å². The molecule has 0 saturated carbocycles. The zero-order valence-electron chi connectivity index (χ0n) is 14.0. The van der Waals surface area contributed by atoms with E-state index in [-0.39, 0.29) is 24.4 Å². The highest BCUT2D eigenvalue weighted by Gasteiger charge is 2.30. The average molecular weight is 344 g/mol. The Kier molecular flexibility index (Phi) is 7.15. The normalized spacial score (nSPS) is 26.0. The van der Waals surface area contributed by atoms with E-state index in [1.807, 2.05) is 9.80 Å². The molecule has 0 spiro atoms. The lowest BCUT2D eigenvalue weighted by atomic mass is 9.92. The molecule has 6 heteroatoms. The first-order chi connectivity index (χ1) is 10.7. The fourth-order valence-electron chi connectivity index (χ4n) is 3.98. The SMILES string of the molecule is Cl.O=C(CC1CCN(C(=O)C2CCCCN2)CC1)N1CCCC1. The van der Waals surface area contributed by atoms with Crippen LogP contribution in [-0.4, -0.2) is 60.4 Å². The van der Waals surface area contributed by atoms with Gasteiger partial charge in [-0.2, -0.15) is 0 Å². The first-order valence-corrected chi connectivity index (χ1v) is 9.04. The number of nitrogens with zero attached hydrogens (tertiary/aromatic N) is 2. The van der Waals surface area contributed by atoms with Crippen LogP contribution >= 0.6 is 12.4 Å². The number of hydrogen-bond donors (Lipinski definition) is 1. The molecule has 0 aliphatic carbocycles. The van der Waals surface area contributed by atoms with Gasteiger partial charge in [-0.05, 0) is 51.0 Å². The van der Waals surface area contributed by atoms with Gasteiger partial charge in [-0.3, -0.25) is 9.59 Å². The van der Waals surface area contributed by atoms with E-state index in [1.54, 1.807) is 0 Å². The Morgan fingerprint density at radius 2 is 1.57 bits per heavy atom. The van der Waals surface area contributed by atoms with Crippen LogP contribution in [0.5, 0.6) is 0 Å². The van der Waals surface area contributed by atoms with E-state index in [0.29, 0.717) is 18.2 Å². The molecule has 3 aliphatic rings. The number of carbonyl (C=O) groups is 2. The summed E-state index contributed by atoms with van der Waals surface area (Å²) < 4.78 is 0. The highest BCUT2D eigenvalue weighted by atomic mass is 35.5. The van der Waals surface area contributed by atoms with E-state index in [2.05, 4.69) is 5.32 Å². The maximum Gasteiger partial charge on any atom is 0.239 e. The van der Waals surface area contributed by atoms with Crippen LogP contribution in [0.1, 0.15) is 51.4 Å². The minimum absolute atomic E-state index is 0. The molecule has 23 heavy (non-hydrogen) atoms. The number of amides is 2. The van der Waals surface area contributed by atoms with Crippen LogP contribution in [-0.2, 0) is 9.59 Å². The van der Waals surface area contributed by atoms with E-state index < -0.39 is 0 Å². The van der Waals surface area contributed by atoms with Crippen LogP contribution in [0.4, 0.5) is 0 Å². The summed E-state index contributed by atoms with van der Waals surface area (Å²) in [7, 11) is 0. The van der Waals surface area contributed by atoms with Crippen molar-refractivity contribution >= 4 is 24.2 Å². The molecule has 2 amide bonds. The zero-order valence-corrected chi connectivity index (χ0v) is 14.8. The van der Waals surface area contributed by atoms with Crippen molar-refractivity contribution in [3.8, 4) is 0 Å².